The van der Waals surface area contributed by atoms with Gasteiger partial charge in [-0.05, 0) is 69.3 Å². The Balaban J connectivity index is 1.50. The van der Waals surface area contributed by atoms with Crippen molar-refractivity contribution in [2.45, 2.75) is 26.3 Å². The summed E-state index contributed by atoms with van der Waals surface area (Å²) in [6.45, 7) is 6.16. The molecule has 2 N–H and O–H groups in total. The Hall–Kier alpha value is -2.86. The van der Waals surface area contributed by atoms with Gasteiger partial charge in [0.1, 0.15) is 11.5 Å². The summed E-state index contributed by atoms with van der Waals surface area (Å²) in [6, 6.07) is 13.2. The van der Waals surface area contributed by atoms with Crippen LogP contribution in [0.4, 0.5) is 15.8 Å². The highest BCUT2D eigenvalue weighted by Crippen LogP contribution is 2.28. The fourth-order valence-electron chi connectivity index (χ4n) is 4.56. The lowest BCUT2D eigenvalue weighted by Gasteiger charge is -2.41. The van der Waals surface area contributed by atoms with Gasteiger partial charge in [-0.1, -0.05) is 19.1 Å². The number of nitrogens with zero attached hydrogens (tertiary/aromatic N) is 2. The van der Waals surface area contributed by atoms with Gasteiger partial charge in [0.05, 0.1) is 5.52 Å². The maximum atomic E-state index is 14.1. The van der Waals surface area contributed by atoms with Crippen LogP contribution in [0.2, 0.25) is 0 Å². The van der Waals surface area contributed by atoms with Crippen LogP contribution in [-0.2, 0) is 0 Å². The SMILES string of the molecule is Cc1ccc(F)c2cc(C(=O)Nc3cccc(N4CC[C@@H](N(C)C)[C@@H](C)C4)c3)[nH]c12. The van der Waals surface area contributed by atoms with E-state index >= 15 is 0 Å². The first-order valence-electron chi connectivity index (χ1n) is 10.4. The smallest absolute Gasteiger partial charge is 0.272 e. The maximum Gasteiger partial charge on any atom is 0.272 e. The van der Waals surface area contributed by atoms with Gasteiger partial charge < -0.3 is 20.1 Å². The van der Waals surface area contributed by atoms with Crippen molar-refractivity contribution in [1.82, 2.24) is 9.88 Å². The number of hydrogen-bond donors (Lipinski definition) is 2. The van der Waals surface area contributed by atoms with Gasteiger partial charge in [-0.3, -0.25) is 4.79 Å². The fourth-order valence-corrected chi connectivity index (χ4v) is 4.56. The van der Waals surface area contributed by atoms with Crippen molar-refractivity contribution in [2.24, 2.45) is 5.92 Å². The van der Waals surface area contributed by atoms with E-state index in [2.05, 4.69) is 47.2 Å². The summed E-state index contributed by atoms with van der Waals surface area (Å²) in [5, 5.41) is 3.38. The number of benzene rings is 2. The summed E-state index contributed by atoms with van der Waals surface area (Å²) < 4.78 is 14.1. The third-order valence-electron chi connectivity index (χ3n) is 6.19. The Bertz CT molecular complexity index is 1040. The molecular formula is C24H29FN4O. The lowest BCUT2D eigenvalue weighted by atomic mass is 9.92. The van der Waals surface area contributed by atoms with Gasteiger partial charge in [0.2, 0.25) is 0 Å². The van der Waals surface area contributed by atoms with Crippen LogP contribution < -0.4 is 10.2 Å². The minimum absolute atomic E-state index is 0.276. The van der Waals surface area contributed by atoms with Crippen molar-refractivity contribution in [2.75, 3.05) is 37.4 Å². The van der Waals surface area contributed by atoms with Crippen LogP contribution in [0.1, 0.15) is 29.4 Å². The Morgan fingerprint density at radius 2 is 2.03 bits per heavy atom. The fraction of sp³-hybridized carbons (Fsp3) is 0.375. The molecule has 5 nitrogen and oxygen atoms in total. The first-order chi connectivity index (χ1) is 14.3. The van der Waals surface area contributed by atoms with Crippen LogP contribution in [-0.4, -0.2) is 49.0 Å². The number of hydrogen-bond acceptors (Lipinski definition) is 3. The highest BCUT2D eigenvalue weighted by molar-refractivity contribution is 6.06. The molecule has 2 aromatic carbocycles. The molecule has 0 radical (unpaired) electrons. The predicted molar refractivity (Wildman–Crippen MR) is 121 cm³/mol. The lowest BCUT2D eigenvalue weighted by molar-refractivity contribution is 0.102. The minimum atomic E-state index is -0.330. The largest absolute Gasteiger partial charge is 0.371 e. The van der Waals surface area contributed by atoms with Gasteiger partial charge in [0.15, 0.2) is 0 Å². The molecular weight excluding hydrogens is 379 g/mol. The Labute approximate surface area is 176 Å². The molecule has 6 heteroatoms. The second-order valence-corrected chi connectivity index (χ2v) is 8.58. The molecule has 0 spiro atoms. The van der Waals surface area contributed by atoms with Crippen LogP contribution in [0.3, 0.4) is 0 Å². The molecule has 1 aromatic heterocycles. The molecule has 1 aliphatic rings. The van der Waals surface area contributed by atoms with E-state index in [0.717, 1.165) is 36.4 Å². The molecule has 0 unspecified atom stereocenters. The highest BCUT2D eigenvalue weighted by Gasteiger charge is 2.27. The van der Waals surface area contributed by atoms with Crippen LogP contribution >= 0.6 is 0 Å². The second-order valence-electron chi connectivity index (χ2n) is 8.58. The number of piperidine rings is 1. The molecule has 2 atom stereocenters. The molecule has 1 fully saturated rings. The number of aromatic amines is 1. The average molecular weight is 409 g/mol. The zero-order valence-electron chi connectivity index (χ0n) is 18.0. The number of anilines is 2. The van der Waals surface area contributed by atoms with Crippen LogP contribution in [0.5, 0.6) is 0 Å². The molecule has 0 aliphatic carbocycles. The molecule has 0 saturated carbocycles. The van der Waals surface area contributed by atoms with Crippen molar-refractivity contribution in [3.8, 4) is 0 Å². The number of rotatable bonds is 4. The third-order valence-corrected chi connectivity index (χ3v) is 6.19. The van der Waals surface area contributed by atoms with Gasteiger partial charge in [0, 0.05) is 35.9 Å². The molecule has 4 rings (SSSR count). The number of aryl methyl sites for hydroxylation is 1. The molecule has 1 aliphatic heterocycles. The summed E-state index contributed by atoms with van der Waals surface area (Å²) >= 11 is 0. The van der Waals surface area contributed by atoms with Crippen LogP contribution in [0.15, 0.2) is 42.5 Å². The van der Waals surface area contributed by atoms with Gasteiger partial charge in [-0.25, -0.2) is 4.39 Å². The Morgan fingerprint density at radius 1 is 1.23 bits per heavy atom. The van der Waals surface area contributed by atoms with Crippen LogP contribution in [0, 0.1) is 18.7 Å². The zero-order chi connectivity index (χ0) is 21.4. The average Bonchev–Trinajstić information content (AvgIpc) is 3.18. The molecule has 1 saturated heterocycles. The molecule has 2 heterocycles. The third kappa shape index (κ3) is 3.92. The standard InChI is InChI=1S/C24H29FN4O/c1-15-8-9-20(25)19-13-21(27-23(15)19)24(30)26-17-6-5-7-18(12-17)29-11-10-22(28(3)4)16(2)14-29/h5-9,12-13,16,22,27H,10-11,14H2,1-4H3,(H,26,30)/t16-,22+/m0/s1. The normalized spacial score (nSPS) is 19.5. The summed E-state index contributed by atoms with van der Waals surface area (Å²) in [7, 11) is 4.29. The van der Waals surface area contributed by atoms with Crippen molar-refractivity contribution in [3.05, 3.63) is 59.5 Å². The van der Waals surface area contributed by atoms with E-state index < -0.39 is 0 Å². The minimum Gasteiger partial charge on any atom is -0.371 e. The number of halogens is 1. The van der Waals surface area contributed by atoms with Gasteiger partial charge in [0.25, 0.3) is 5.91 Å². The van der Waals surface area contributed by atoms with Gasteiger partial charge >= 0.3 is 0 Å². The van der Waals surface area contributed by atoms with E-state index in [0.29, 0.717) is 28.6 Å². The monoisotopic (exact) mass is 408 g/mol. The quantitative estimate of drug-likeness (QED) is 0.661. The molecule has 1 amide bonds. The number of carbonyl (C=O) groups excluding carboxylic acids is 1. The van der Waals surface area contributed by atoms with Crippen LogP contribution in [0.25, 0.3) is 10.9 Å². The summed E-state index contributed by atoms with van der Waals surface area (Å²) in [6.07, 6.45) is 1.12. The van der Waals surface area contributed by atoms with Crippen molar-refractivity contribution in [1.29, 1.82) is 0 Å². The first-order valence-corrected chi connectivity index (χ1v) is 10.4. The number of fused-ring (bicyclic) bond motifs is 1. The molecule has 158 valence electrons. The van der Waals surface area contributed by atoms with E-state index in [4.69, 9.17) is 0 Å². The summed E-state index contributed by atoms with van der Waals surface area (Å²) in [5.74, 6) is -0.0403. The maximum absolute atomic E-state index is 14.1. The lowest BCUT2D eigenvalue weighted by Crippen LogP contribution is -2.47. The van der Waals surface area contributed by atoms with Gasteiger partial charge in [-0.2, -0.15) is 0 Å². The molecule has 0 bridgehead atoms. The molecule has 30 heavy (non-hydrogen) atoms. The number of aromatic nitrogens is 1. The summed E-state index contributed by atoms with van der Waals surface area (Å²) in [5.41, 5.74) is 3.75. The van der Waals surface area contributed by atoms with E-state index in [1.807, 2.05) is 25.1 Å². The Kier molecular flexibility index (Phi) is 5.52. The number of carbonyl (C=O) groups is 1. The topological polar surface area (TPSA) is 51.4 Å². The van der Waals surface area contributed by atoms with Crippen molar-refractivity contribution in [3.63, 3.8) is 0 Å². The van der Waals surface area contributed by atoms with Gasteiger partial charge in [-0.15, -0.1) is 0 Å². The summed E-state index contributed by atoms with van der Waals surface area (Å²) in [4.78, 5) is 20.5. The van der Waals surface area contributed by atoms with E-state index in [1.165, 1.54) is 6.07 Å². The van der Waals surface area contributed by atoms with E-state index in [1.54, 1.807) is 12.1 Å². The Morgan fingerprint density at radius 3 is 2.73 bits per heavy atom. The number of H-pyrrole nitrogens is 1. The molecule has 3 aromatic rings. The van der Waals surface area contributed by atoms with E-state index in [-0.39, 0.29) is 11.7 Å². The van der Waals surface area contributed by atoms with Crippen molar-refractivity contribution < 1.29 is 9.18 Å². The van der Waals surface area contributed by atoms with Crippen molar-refractivity contribution >= 4 is 28.2 Å². The zero-order valence-corrected chi connectivity index (χ0v) is 18.0. The second kappa shape index (κ2) is 8.11. The predicted octanol–water partition coefficient (Wildman–Crippen LogP) is 4.64. The van der Waals surface area contributed by atoms with E-state index in [9.17, 15) is 9.18 Å². The first kappa shape index (κ1) is 20.4. The number of nitrogens with one attached hydrogen (secondary N) is 2. The number of amides is 1. The highest BCUT2D eigenvalue weighted by atomic mass is 19.1.